The quantitative estimate of drug-likeness (QED) is 0.757. The fourth-order valence-corrected chi connectivity index (χ4v) is 2.50. The van der Waals surface area contributed by atoms with Gasteiger partial charge in [-0.15, -0.1) is 0 Å². The third kappa shape index (κ3) is 6.19. The highest BCUT2D eigenvalue weighted by atomic mass is 16.6. The summed E-state index contributed by atoms with van der Waals surface area (Å²) in [6.45, 7) is 6.28. The van der Waals surface area contributed by atoms with Crippen LogP contribution in [0.2, 0.25) is 0 Å². The summed E-state index contributed by atoms with van der Waals surface area (Å²) in [5.41, 5.74) is 1.48. The van der Waals surface area contributed by atoms with Crippen LogP contribution in [-0.4, -0.2) is 30.2 Å². The highest BCUT2D eigenvalue weighted by Gasteiger charge is 2.25. The zero-order valence-electron chi connectivity index (χ0n) is 15.6. The molecule has 0 N–H and O–H groups in total. The van der Waals surface area contributed by atoms with E-state index in [0.29, 0.717) is 6.54 Å². The minimum absolute atomic E-state index is 0.317. The van der Waals surface area contributed by atoms with Crippen LogP contribution in [0, 0.1) is 11.8 Å². The van der Waals surface area contributed by atoms with Gasteiger partial charge in [0.05, 0.1) is 12.8 Å². The molecule has 4 heteroatoms. The Morgan fingerprint density at radius 1 is 1.24 bits per heavy atom. The summed E-state index contributed by atoms with van der Waals surface area (Å²) in [5.74, 6) is 7.18. The number of methoxy groups -OCH3 is 1. The number of hydrogen-bond donors (Lipinski definition) is 0. The van der Waals surface area contributed by atoms with E-state index in [9.17, 15) is 4.79 Å². The molecule has 1 aromatic rings. The van der Waals surface area contributed by atoms with Gasteiger partial charge in [-0.3, -0.25) is 4.90 Å². The van der Waals surface area contributed by atoms with E-state index < -0.39 is 5.60 Å². The van der Waals surface area contributed by atoms with Crippen molar-refractivity contribution in [1.82, 2.24) is 4.90 Å². The minimum atomic E-state index is -0.499. The Bertz CT molecular complexity index is 672. The number of hydrogen-bond acceptors (Lipinski definition) is 3. The first-order valence-corrected chi connectivity index (χ1v) is 8.71. The Hall–Kier alpha value is -2.41. The highest BCUT2D eigenvalue weighted by molar-refractivity contribution is 5.72. The molecule has 25 heavy (non-hydrogen) atoms. The number of benzene rings is 1. The number of amides is 1. The van der Waals surface area contributed by atoms with Gasteiger partial charge < -0.3 is 9.47 Å². The Labute approximate surface area is 150 Å². The lowest BCUT2D eigenvalue weighted by Crippen LogP contribution is -2.37. The Balaban J connectivity index is 1.94. The van der Waals surface area contributed by atoms with E-state index >= 15 is 0 Å². The maximum Gasteiger partial charge on any atom is 0.415 e. The molecule has 1 aliphatic rings. The van der Waals surface area contributed by atoms with Crippen LogP contribution in [0.25, 0.3) is 0 Å². The number of aryl methyl sites for hydroxylation is 1. The summed E-state index contributed by atoms with van der Waals surface area (Å²) < 4.78 is 10.6. The second-order valence-electron chi connectivity index (χ2n) is 7.01. The van der Waals surface area contributed by atoms with Crippen LogP contribution in [-0.2, 0) is 11.2 Å². The molecule has 1 aliphatic heterocycles. The lowest BCUT2D eigenvalue weighted by atomic mass is 10.1. The lowest BCUT2D eigenvalue weighted by Gasteiger charge is -2.29. The Morgan fingerprint density at radius 2 is 1.96 bits per heavy atom. The molecule has 0 unspecified atom stereocenters. The molecule has 1 heterocycles. The first-order chi connectivity index (χ1) is 11.9. The van der Waals surface area contributed by atoms with Gasteiger partial charge in [0, 0.05) is 13.0 Å². The number of rotatable bonds is 3. The number of carbonyl (C=O) groups excluding carboxylic acids is 1. The van der Waals surface area contributed by atoms with Crippen LogP contribution in [0.4, 0.5) is 4.79 Å². The van der Waals surface area contributed by atoms with E-state index in [4.69, 9.17) is 9.47 Å². The van der Waals surface area contributed by atoms with Gasteiger partial charge in [-0.2, -0.15) is 0 Å². The highest BCUT2D eigenvalue weighted by Crippen LogP contribution is 2.19. The molecule has 0 atom stereocenters. The van der Waals surface area contributed by atoms with Crippen LogP contribution in [0.15, 0.2) is 36.0 Å². The van der Waals surface area contributed by atoms with Crippen LogP contribution >= 0.6 is 0 Å². The molecule has 1 aromatic carbocycles. The minimum Gasteiger partial charge on any atom is -0.497 e. The molecule has 0 saturated heterocycles. The summed E-state index contributed by atoms with van der Waals surface area (Å²) in [4.78, 5) is 14.0. The SMILES string of the molecule is COc1ccc(CCC#CC2=CCCCN2C(=O)OC(C)(C)C)cc1. The van der Waals surface area contributed by atoms with Gasteiger partial charge in [0.15, 0.2) is 0 Å². The van der Waals surface area contributed by atoms with Gasteiger partial charge in [-0.1, -0.05) is 24.1 Å². The summed E-state index contributed by atoms with van der Waals surface area (Å²) in [6, 6.07) is 8.01. The standard InChI is InChI=1S/C21H27NO3/c1-21(2,3)25-20(23)22-16-8-7-11-18(22)10-6-5-9-17-12-14-19(24-4)15-13-17/h11-15H,5,7-9,16H2,1-4H3. The molecule has 0 bridgehead atoms. The van der Waals surface area contributed by atoms with Gasteiger partial charge in [-0.25, -0.2) is 4.79 Å². The van der Waals surface area contributed by atoms with Crippen LogP contribution in [0.1, 0.15) is 45.6 Å². The molecule has 0 spiro atoms. The number of nitrogens with zero attached hydrogens (tertiary/aromatic N) is 1. The zero-order valence-corrected chi connectivity index (χ0v) is 15.6. The average molecular weight is 341 g/mol. The summed E-state index contributed by atoms with van der Waals surface area (Å²) in [6.07, 6.45) is 5.21. The van der Waals surface area contributed by atoms with Crippen molar-refractivity contribution >= 4 is 6.09 Å². The summed E-state index contributed by atoms with van der Waals surface area (Å²) in [5, 5.41) is 0. The molecule has 0 aromatic heterocycles. The van der Waals surface area contributed by atoms with Crippen LogP contribution in [0.5, 0.6) is 5.75 Å². The third-order valence-corrected chi connectivity index (χ3v) is 3.74. The van der Waals surface area contributed by atoms with Crippen molar-refractivity contribution in [1.29, 1.82) is 0 Å². The monoisotopic (exact) mass is 341 g/mol. The second kappa shape index (κ2) is 8.62. The van der Waals surface area contributed by atoms with Gasteiger partial charge in [-0.05, 0) is 63.7 Å². The largest absolute Gasteiger partial charge is 0.497 e. The molecule has 0 fully saturated rings. The Kier molecular flexibility index (Phi) is 6.52. The van der Waals surface area contributed by atoms with E-state index in [-0.39, 0.29) is 6.09 Å². The fourth-order valence-electron chi connectivity index (χ4n) is 2.50. The zero-order chi connectivity index (χ0) is 18.3. The van der Waals surface area contributed by atoms with Crippen LogP contribution < -0.4 is 4.74 Å². The van der Waals surface area contributed by atoms with Crippen LogP contribution in [0.3, 0.4) is 0 Å². The van der Waals surface area contributed by atoms with Gasteiger partial charge >= 0.3 is 6.09 Å². The predicted octanol–water partition coefficient (Wildman–Crippen LogP) is 4.55. The third-order valence-electron chi connectivity index (χ3n) is 3.74. The number of ether oxygens (including phenoxy) is 2. The summed E-state index contributed by atoms with van der Waals surface area (Å²) >= 11 is 0. The molecular formula is C21H27NO3. The molecule has 2 rings (SSSR count). The van der Waals surface area contributed by atoms with Crippen molar-refractivity contribution in [3.8, 4) is 17.6 Å². The second-order valence-corrected chi connectivity index (χ2v) is 7.01. The van der Waals surface area contributed by atoms with Crippen molar-refractivity contribution in [2.45, 2.75) is 52.1 Å². The molecule has 0 saturated carbocycles. The molecule has 4 nitrogen and oxygen atoms in total. The predicted molar refractivity (Wildman–Crippen MR) is 99.3 cm³/mol. The van der Waals surface area contributed by atoms with E-state index in [1.54, 1.807) is 12.0 Å². The van der Waals surface area contributed by atoms with E-state index in [0.717, 1.165) is 37.1 Å². The van der Waals surface area contributed by atoms with Crippen molar-refractivity contribution in [2.75, 3.05) is 13.7 Å². The van der Waals surface area contributed by atoms with Crippen molar-refractivity contribution in [3.05, 3.63) is 41.6 Å². The van der Waals surface area contributed by atoms with Crippen molar-refractivity contribution in [3.63, 3.8) is 0 Å². The molecule has 0 radical (unpaired) electrons. The Morgan fingerprint density at radius 3 is 2.60 bits per heavy atom. The molecule has 1 amide bonds. The first-order valence-electron chi connectivity index (χ1n) is 8.71. The average Bonchev–Trinajstić information content (AvgIpc) is 2.58. The van der Waals surface area contributed by atoms with E-state index in [1.807, 2.05) is 51.1 Å². The van der Waals surface area contributed by atoms with E-state index in [2.05, 4.69) is 11.8 Å². The molecule has 134 valence electrons. The lowest BCUT2D eigenvalue weighted by molar-refractivity contribution is 0.0313. The smallest absolute Gasteiger partial charge is 0.415 e. The molecule has 0 aliphatic carbocycles. The van der Waals surface area contributed by atoms with Gasteiger partial charge in [0.25, 0.3) is 0 Å². The topological polar surface area (TPSA) is 38.8 Å². The first kappa shape index (κ1) is 18.9. The van der Waals surface area contributed by atoms with Gasteiger partial charge in [0.2, 0.25) is 0 Å². The fraction of sp³-hybridized carbons (Fsp3) is 0.476. The maximum absolute atomic E-state index is 12.3. The molecular weight excluding hydrogens is 314 g/mol. The van der Waals surface area contributed by atoms with E-state index in [1.165, 1.54) is 5.56 Å². The number of carbonyl (C=O) groups is 1. The number of allylic oxidation sites excluding steroid dienone is 2. The summed E-state index contributed by atoms with van der Waals surface area (Å²) in [7, 11) is 1.66. The van der Waals surface area contributed by atoms with Crippen molar-refractivity contribution < 1.29 is 14.3 Å². The maximum atomic E-state index is 12.3. The normalized spacial score (nSPS) is 14.2. The van der Waals surface area contributed by atoms with Gasteiger partial charge in [0.1, 0.15) is 11.4 Å². The van der Waals surface area contributed by atoms with Crippen molar-refractivity contribution in [2.24, 2.45) is 0 Å².